The average Bonchev–Trinajstić information content (AvgIpc) is 3.00. The van der Waals surface area contributed by atoms with E-state index in [1.165, 1.54) is 19.3 Å². The number of nitrogens with two attached hydrogens (primary N) is 1. The van der Waals surface area contributed by atoms with Gasteiger partial charge in [-0.05, 0) is 30.2 Å². The summed E-state index contributed by atoms with van der Waals surface area (Å²) in [7, 11) is 0. The number of nitrogens with zero attached hydrogens (tertiary/aromatic N) is 2. The molecule has 0 amide bonds. The Bertz CT molecular complexity index is 467. The van der Waals surface area contributed by atoms with Gasteiger partial charge in [-0.25, -0.2) is 0 Å². The van der Waals surface area contributed by atoms with Crippen LogP contribution in [0.4, 0.5) is 0 Å². The van der Waals surface area contributed by atoms with Crippen LogP contribution >= 0.6 is 0 Å². The number of fused-ring (bicyclic) bond motifs is 1. The van der Waals surface area contributed by atoms with Crippen LogP contribution in [0.15, 0.2) is 30.3 Å². The molecule has 1 saturated heterocycles. The summed E-state index contributed by atoms with van der Waals surface area (Å²) in [5.41, 5.74) is 6.40. The molecule has 1 aliphatic carbocycles. The Morgan fingerprint density at radius 1 is 1.21 bits per heavy atom. The summed E-state index contributed by atoms with van der Waals surface area (Å²) >= 11 is 0. The highest BCUT2D eigenvalue weighted by Crippen LogP contribution is 2.38. The van der Waals surface area contributed by atoms with Gasteiger partial charge >= 0.3 is 0 Å². The lowest BCUT2D eigenvalue weighted by Crippen LogP contribution is -2.46. The van der Waals surface area contributed by atoms with Gasteiger partial charge in [0.15, 0.2) is 0 Å². The molecule has 1 aromatic rings. The molecule has 1 heterocycles. The van der Waals surface area contributed by atoms with Crippen LogP contribution in [0.1, 0.15) is 24.8 Å². The van der Waals surface area contributed by atoms with Gasteiger partial charge in [0, 0.05) is 19.6 Å². The third-order valence-corrected chi connectivity index (χ3v) is 4.76. The fourth-order valence-electron chi connectivity index (χ4n) is 3.74. The zero-order valence-corrected chi connectivity index (χ0v) is 11.3. The molecule has 2 aliphatic rings. The van der Waals surface area contributed by atoms with E-state index in [1.54, 1.807) is 0 Å². The summed E-state index contributed by atoms with van der Waals surface area (Å²) in [6, 6.07) is 12.1. The second kappa shape index (κ2) is 4.96. The molecule has 0 radical (unpaired) electrons. The lowest BCUT2D eigenvalue weighted by Gasteiger charge is -2.28. The lowest BCUT2D eigenvalue weighted by molar-refractivity contribution is 0.264. The Balaban J connectivity index is 1.72. The van der Waals surface area contributed by atoms with Crippen LogP contribution in [0.5, 0.6) is 0 Å². The Labute approximate surface area is 115 Å². The maximum Gasteiger partial charge on any atom is 0.142 e. The quantitative estimate of drug-likeness (QED) is 0.900. The zero-order chi connectivity index (χ0) is 13.3. The van der Waals surface area contributed by atoms with Crippen LogP contribution in [0.3, 0.4) is 0 Å². The van der Waals surface area contributed by atoms with Gasteiger partial charge in [0.25, 0.3) is 0 Å². The zero-order valence-electron chi connectivity index (χ0n) is 11.3. The first kappa shape index (κ1) is 12.7. The Morgan fingerprint density at radius 2 is 1.84 bits per heavy atom. The van der Waals surface area contributed by atoms with E-state index in [0.717, 1.165) is 30.5 Å². The summed E-state index contributed by atoms with van der Waals surface area (Å²) in [5.74, 6) is 1.69. The van der Waals surface area contributed by atoms with Crippen molar-refractivity contribution in [2.45, 2.75) is 24.8 Å². The van der Waals surface area contributed by atoms with E-state index in [4.69, 9.17) is 5.73 Å². The van der Waals surface area contributed by atoms with E-state index in [-0.39, 0.29) is 0 Å². The lowest BCUT2D eigenvalue weighted by atomic mass is 9.92. The molecule has 1 aliphatic heterocycles. The van der Waals surface area contributed by atoms with Gasteiger partial charge in [0.05, 0.1) is 6.07 Å². The molecule has 3 atom stereocenters. The highest BCUT2D eigenvalue weighted by Gasteiger charge is 2.39. The molecule has 3 heteroatoms. The molecule has 1 saturated carbocycles. The second-order valence-corrected chi connectivity index (χ2v) is 6.09. The maximum absolute atomic E-state index is 9.50. The SMILES string of the molecule is N#CC(N)(CN1CC2CCCC2C1)c1ccccc1. The molecule has 0 aromatic heterocycles. The molecule has 3 unspecified atom stereocenters. The number of rotatable bonds is 3. The number of nitriles is 1. The number of hydrogen-bond acceptors (Lipinski definition) is 3. The fraction of sp³-hybridized carbons (Fsp3) is 0.562. The van der Waals surface area contributed by atoms with Crippen molar-refractivity contribution in [3.05, 3.63) is 35.9 Å². The molecule has 2 N–H and O–H groups in total. The molecule has 19 heavy (non-hydrogen) atoms. The van der Waals surface area contributed by atoms with Crippen LogP contribution in [-0.4, -0.2) is 24.5 Å². The molecular formula is C16H21N3. The number of hydrogen-bond donors (Lipinski definition) is 1. The Morgan fingerprint density at radius 3 is 2.42 bits per heavy atom. The van der Waals surface area contributed by atoms with E-state index in [1.807, 2.05) is 30.3 Å². The van der Waals surface area contributed by atoms with Gasteiger partial charge < -0.3 is 5.73 Å². The molecule has 0 bridgehead atoms. The minimum atomic E-state index is -0.875. The Hall–Kier alpha value is -1.37. The van der Waals surface area contributed by atoms with E-state index in [9.17, 15) is 5.26 Å². The molecule has 2 fully saturated rings. The van der Waals surface area contributed by atoms with Crippen LogP contribution in [0, 0.1) is 23.2 Å². The smallest absolute Gasteiger partial charge is 0.142 e. The summed E-state index contributed by atoms with van der Waals surface area (Å²) in [5, 5.41) is 9.50. The van der Waals surface area contributed by atoms with E-state index >= 15 is 0 Å². The third-order valence-electron chi connectivity index (χ3n) is 4.76. The normalized spacial score (nSPS) is 29.7. The van der Waals surface area contributed by atoms with E-state index in [0.29, 0.717) is 6.54 Å². The van der Waals surface area contributed by atoms with E-state index in [2.05, 4.69) is 11.0 Å². The molecular weight excluding hydrogens is 234 g/mol. The van der Waals surface area contributed by atoms with Crippen LogP contribution in [0.2, 0.25) is 0 Å². The molecule has 3 rings (SSSR count). The predicted octanol–water partition coefficient (Wildman–Crippen LogP) is 2.10. The van der Waals surface area contributed by atoms with Gasteiger partial charge in [0.2, 0.25) is 0 Å². The minimum absolute atomic E-state index is 0.653. The molecule has 3 nitrogen and oxygen atoms in total. The minimum Gasteiger partial charge on any atom is -0.309 e. The molecule has 0 spiro atoms. The van der Waals surface area contributed by atoms with Gasteiger partial charge in [-0.15, -0.1) is 0 Å². The highest BCUT2D eigenvalue weighted by atomic mass is 15.2. The summed E-state index contributed by atoms with van der Waals surface area (Å²) in [6.45, 7) is 2.90. The average molecular weight is 255 g/mol. The third kappa shape index (κ3) is 2.39. The van der Waals surface area contributed by atoms with Crippen molar-refractivity contribution in [2.75, 3.05) is 19.6 Å². The maximum atomic E-state index is 9.50. The monoisotopic (exact) mass is 255 g/mol. The first-order chi connectivity index (χ1) is 9.21. The summed E-state index contributed by atoms with van der Waals surface area (Å²) < 4.78 is 0. The fourth-order valence-corrected chi connectivity index (χ4v) is 3.74. The van der Waals surface area contributed by atoms with Crippen molar-refractivity contribution >= 4 is 0 Å². The largest absolute Gasteiger partial charge is 0.309 e. The van der Waals surface area contributed by atoms with Gasteiger partial charge in [0.1, 0.15) is 5.54 Å². The van der Waals surface area contributed by atoms with Gasteiger partial charge in [-0.3, -0.25) is 4.90 Å². The van der Waals surface area contributed by atoms with Gasteiger partial charge in [-0.1, -0.05) is 36.8 Å². The topological polar surface area (TPSA) is 53.1 Å². The highest BCUT2D eigenvalue weighted by molar-refractivity contribution is 5.31. The van der Waals surface area contributed by atoms with Gasteiger partial charge in [-0.2, -0.15) is 5.26 Å². The number of likely N-dealkylation sites (tertiary alicyclic amines) is 1. The van der Waals surface area contributed by atoms with Crippen molar-refractivity contribution in [1.82, 2.24) is 4.90 Å². The van der Waals surface area contributed by atoms with E-state index < -0.39 is 5.54 Å². The Kier molecular flexibility index (Phi) is 3.30. The first-order valence-electron chi connectivity index (χ1n) is 7.19. The number of benzene rings is 1. The molecule has 1 aromatic carbocycles. The van der Waals surface area contributed by atoms with Crippen molar-refractivity contribution in [3.63, 3.8) is 0 Å². The summed E-state index contributed by atoms with van der Waals surface area (Å²) in [4.78, 5) is 2.39. The van der Waals surface area contributed by atoms with Crippen LogP contribution < -0.4 is 5.73 Å². The van der Waals surface area contributed by atoms with Crippen molar-refractivity contribution in [3.8, 4) is 6.07 Å². The van der Waals surface area contributed by atoms with Crippen LogP contribution in [0.25, 0.3) is 0 Å². The van der Waals surface area contributed by atoms with Crippen molar-refractivity contribution < 1.29 is 0 Å². The summed E-state index contributed by atoms with van der Waals surface area (Å²) in [6.07, 6.45) is 4.10. The first-order valence-corrected chi connectivity index (χ1v) is 7.19. The molecule has 100 valence electrons. The standard InChI is InChI=1S/C16H21N3/c17-11-16(18,15-7-2-1-3-8-15)12-19-9-13-5-4-6-14(13)10-19/h1-3,7-8,13-14H,4-6,9-10,12,18H2. The predicted molar refractivity (Wildman–Crippen MR) is 75.2 cm³/mol. The van der Waals surface area contributed by atoms with Crippen LogP contribution in [-0.2, 0) is 5.54 Å². The second-order valence-electron chi connectivity index (χ2n) is 6.09. The van der Waals surface area contributed by atoms with Crippen molar-refractivity contribution in [2.24, 2.45) is 17.6 Å². The van der Waals surface area contributed by atoms with Crippen molar-refractivity contribution in [1.29, 1.82) is 5.26 Å².